The van der Waals surface area contributed by atoms with Gasteiger partial charge in [-0.1, -0.05) is 39.8 Å². The highest BCUT2D eigenvalue weighted by atomic mass is 19.1. The average molecular weight is 550 g/mol. The van der Waals surface area contributed by atoms with Crippen LogP contribution in [0.25, 0.3) is 0 Å². The van der Waals surface area contributed by atoms with Gasteiger partial charge in [-0.25, -0.2) is 9.18 Å². The summed E-state index contributed by atoms with van der Waals surface area (Å²) in [7, 11) is 0. The molecule has 39 heavy (non-hydrogen) atoms. The van der Waals surface area contributed by atoms with Gasteiger partial charge in [0.05, 0.1) is 11.5 Å². The predicted molar refractivity (Wildman–Crippen MR) is 150 cm³/mol. The van der Waals surface area contributed by atoms with Gasteiger partial charge < -0.3 is 24.6 Å². The minimum Gasteiger partial charge on any atom is -0.464 e. The number of carbonyl (C=O) groups is 3. The Labute approximate surface area is 233 Å². The number of benzene rings is 1. The summed E-state index contributed by atoms with van der Waals surface area (Å²) < 4.78 is 25.4. The van der Waals surface area contributed by atoms with E-state index in [1.165, 1.54) is 12.1 Å². The SMILES string of the molecule is CCN(CC)CCOC(=O)C(CC)(CC)[C@H]1CC[C@@H](c2cccc(F)c2)N1C(=O)[C@@H](C)NC(=O)OC(C)(C)C. The van der Waals surface area contributed by atoms with Crippen molar-refractivity contribution in [3.05, 3.63) is 35.6 Å². The molecule has 220 valence electrons. The molecule has 0 aromatic heterocycles. The van der Waals surface area contributed by atoms with Gasteiger partial charge >= 0.3 is 12.1 Å². The zero-order chi connectivity index (χ0) is 29.4. The Hall–Kier alpha value is -2.68. The number of carbonyl (C=O) groups excluding carboxylic acids is 3. The molecular formula is C30H48FN3O5. The molecule has 0 unspecified atom stereocenters. The van der Waals surface area contributed by atoms with E-state index < -0.39 is 41.1 Å². The van der Waals surface area contributed by atoms with Crippen LogP contribution >= 0.6 is 0 Å². The fraction of sp³-hybridized carbons (Fsp3) is 0.700. The molecule has 1 N–H and O–H groups in total. The third-order valence-electron chi connectivity index (χ3n) is 7.82. The number of likely N-dealkylation sites (tertiary alicyclic amines) is 1. The second kappa shape index (κ2) is 14.1. The lowest BCUT2D eigenvalue weighted by Crippen LogP contribution is -2.56. The lowest BCUT2D eigenvalue weighted by Gasteiger charge is -2.43. The number of hydrogen-bond acceptors (Lipinski definition) is 6. The first-order valence-corrected chi connectivity index (χ1v) is 14.3. The molecule has 2 rings (SSSR count). The topological polar surface area (TPSA) is 88.2 Å². The Kier molecular flexibility index (Phi) is 11.8. The van der Waals surface area contributed by atoms with Gasteiger partial charge in [0.1, 0.15) is 24.1 Å². The van der Waals surface area contributed by atoms with Crippen molar-refractivity contribution in [2.45, 2.75) is 105 Å². The summed E-state index contributed by atoms with van der Waals surface area (Å²) in [6, 6.07) is 4.38. The molecular weight excluding hydrogens is 501 g/mol. The molecule has 1 aromatic rings. The number of esters is 1. The van der Waals surface area contributed by atoms with E-state index in [2.05, 4.69) is 24.1 Å². The van der Waals surface area contributed by atoms with E-state index in [0.29, 0.717) is 37.8 Å². The van der Waals surface area contributed by atoms with Crippen LogP contribution < -0.4 is 5.32 Å². The molecule has 8 nitrogen and oxygen atoms in total. The lowest BCUT2D eigenvalue weighted by molar-refractivity contribution is -0.164. The van der Waals surface area contributed by atoms with Gasteiger partial charge in [-0.05, 0) is 84.2 Å². The van der Waals surface area contributed by atoms with Gasteiger partial charge in [0.15, 0.2) is 0 Å². The molecule has 0 bridgehead atoms. The van der Waals surface area contributed by atoms with Crippen LogP contribution in [0.3, 0.4) is 0 Å². The van der Waals surface area contributed by atoms with E-state index in [9.17, 15) is 18.8 Å². The maximum atomic E-state index is 14.2. The molecule has 2 amide bonds. The van der Waals surface area contributed by atoms with Crippen molar-refractivity contribution in [1.82, 2.24) is 15.1 Å². The molecule has 1 aliphatic rings. The molecule has 9 heteroatoms. The molecule has 0 aliphatic carbocycles. The van der Waals surface area contributed by atoms with E-state index in [1.54, 1.807) is 44.7 Å². The van der Waals surface area contributed by atoms with Crippen molar-refractivity contribution in [2.75, 3.05) is 26.2 Å². The zero-order valence-corrected chi connectivity index (χ0v) is 25.0. The van der Waals surface area contributed by atoms with Gasteiger partial charge in [-0.15, -0.1) is 0 Å². The van der Waals surface area contributed by atoms with Crippen LogP contribution in [0.15, 0.2) is 24.3 Å². The van der Waals surface area contributed by atoms with Crippen molar-refractivity contribution in [3.63, 3.8) is 0 Å². The van der Waals surface area contributed by atoms with Crippen LogP contribution in [0, 0.1) is 11.2 Å². The summed E-state index contributed by atoms with van der Waals surface area (Å²) in [5, 5.41) is 2.65. The summed E-state index contributed by atoms with van der Waals surface area (Å²) in [5.41, 5.74) is -1.000. The zero-order valence-electron chi connectivity index (χ0n) is 25.0. The fourth-order valence-corrected chi connectivity index (χ4v) is 5.57. The third kappa shape index (κ3) is 8.16. The summed E-state index contributed by atoms with van der Waals surface area (Å²) in [6.07, 6.45) is 1.37. The number of ether oxygens (including phenoxy) is 2. The summed E-state index contributed by atoms with van der Waals surface area (Å²) in [4.78, 5) is 44.1. The van der Waals surface area contributed by atoms with Crippen LogP contribution in [-0.4, -0.2) is 71.7 Å². The number of amides is 2. The first-order valence-electron chi connectivity index (χ1n) is 14.3. The Morgan fingerprint density at radius 3 is 2.28 bits per heavy atom. The van der Waals surface area contributed by atoms with Crippen LogP contribution in [0.4, 0.5) is 9.18 Å². The van der Waals surface area contributed by atoms with Crippen LogP contribution in [-0.2, 0) is 19.1 Å². The summed E-state index contributed by atoms with van der Waals surface area (Å²) in [5.74, 6) is -1.06. The number of halogens is 1. The maximum Gasteiger partial charge on any atom is 0.408 e. The second-order valence-electron chi connectivity index (χ2n) is 11.3. The molecule has 3 atom stereocenters. The first-order chi connectivity index (χ1) is 18.3. The quantitative estimate of drug-likeness (QED) is 0.348. The Bertz CT molecular complexity index is 972. The Morgan fingerprint density at radius 2 is 1.74 bits per heavy atom. The molecule has 1 aromatic carbocycles. The number of hydrogen-bond donors (Lipinski definition) is 1. The van der Waals surface area contributed by atoms with E-state index >= 15 is 0 Å². The van der Waals surface area contributed by atoms with Gasteiger partial charge in [-0.2, -0.15) is 0 Å². The molecule has 1 heterocycles. The first kappa shape index (κ1) is 32.5. The molecule has 1 fully saturated rings. The average Bonchev–Trinajstić information content (AvgIpc) is 3.31. The van der Waals surface area contributed by atoms with Crippen LogP contribution in [0.2, 0.25) is 0 Å². The number of likely N-dealkylation sites (N-methyl/N-ethyl adjacent to an activating group) is 1. The summed E-state index contributed by atoms with van der Waals surface area (Å²) >= 11 is 0. The van der Waals surface area contributed by atoms with E-state index in [1.807, 2.05) is 13.8 Å². The normalized spacial score (nSPS) is 18.7. The van der Waals surface area contributed by atoms with Gasteiger partial charge in [0.25, 0.3) is 0 Å². The number of nitrogens with zero attached hydrogens (tertiary/aromatic N) is 2. The lowest BCUT2D eigenvalue weighted by atomic mass is 9.74. The van der Waals surface area contributed by atoms with E-state index in [-0.39, 0.29) is 18.5 Å². The van der Waals surface area contributed by atoms with Gasteiger partial charge in [0.2, 0.25) is 5.91 Å². The molecule has 0 radical (unpaired) electrons. The predicted octanol–water partition coefficient (Wildman–Crippen LogP) is 5.46. The Balaban J connectivity index is 2.41. The van der Waals surface area contributed by atoms with Gasteiger partial charge in [-0.3, -0.25) is 9.59 Å². The van der Waals surface area contributed by atoms with E-state index in [4.69, 9.17) is 9.47 Å². The van der Waals surface area contributed by atoms with Crippen molar-refractivity contribution in [2.24, 2.45) is 5.41 Å². The third-order valence-corrected chi connectivity index (χ3v) is 7.82. The standard InChI is InChI=1S/C30H48FN3O5/c1-9-30(10-2,27(36)38-19-18-33(11-3)12-4)25-17-16-24(22-14-13-15-23(31)20-22)34(25)26(35)21(5)32-28(37)39-29(6,7)8/h13-15,20-21,24-25H,9-12,16-19H2,1-8H3,(H,32,37)/t21-,24+,25-/m1/s1. The Morgan fingerprint density at radius 1 is 1.10 bits per heavy atom. The highest BCUT2D eigenvalue weighted by Gasteiger charge is 2.53. The fourth-order valence-electron chi connectivity index (χ4n) is 5.57. The monoisotopic (exact) mass is 549 g/mol. The highest BCUT2D eigenvalue weighted by Crippen LogP contribution is 2.47. The molecule has 1 saturated heterocycles. The number of alkyl carbamates (subject to hydrolysis) is 1. The highest BCUT2D eigenvalue weighted by molar-refractivity contribution is 5.87. The molecule has 1 aliphatic heterocycles. The number of rotatable bonds is 12. The number of nitrogens with one attached hydrogen (secondary N) is 1. The molecule has 0 saturated carbocycles. The smallest absolute Gasteiger partial charge is 0.408 e. The van der Waals surface area contributed by atoms with Crippen LogP contribution in [0.1, 0.15) is 92.7 Å². The minimum atomic E-state index is -0.938. The van der Waals surface area contributed by atoms with Gasteiger partial charge in [0, 0.05) is 12.6 Å². The van der Waals surface area contributed by atoms with Crippen molar-refractivity contribution in [3.8, 4) is 0 Å². The van der Waals surface area contributed by atoms with E-state index in [0.717, 1.165) is 13.1 Å². The maximum absolute atomic E-state index is 14.2. The largest absolute Gasteiger partial charge is 0.464 e. The van der Waals surface area contributed by atoms with Crippen molar-refractivity contribution in [1.29, 1.82) is 0 Å². The van der Waals surface area contributed by atoms with Crippen molar-refractivity contribution >= 4 is 18.0 Å². The van der Waals surface area contributed by atoms with Crippen molar-refractivity contribution < 1.29 is 28.2 Å². The molecule has 0 spiro atoms. The second-order valence-corrected chi connectivity index (χ2v) is 11.3. The minimum absolute atomic E-state index is 0.271. The summed E-state index contributed by atoms with van der Waals surface area (Å²) in [6.45, 7) is 17.5. The van der Waals surface area contributed by atoms with Crippen LogP contribution in [0.5, 0.6) is 0 Å².